The Morgan fingerprint density at radius 1 is 1.10 bits per heavy atom. The van der Waals surface area contributed by atoms with E-state index in [2.05, 4.69) is 0 Å². The summed E-state index contributed by atoms with van der Waals surface area (Å²) in [4.78, 5) is -0.794. The van der Waals surface area contributed by atoms with Gasteiger partial charge in [0, 0.05) is 10.7 Å². The zero-order valence-electron chi connectivity index (χ0n) is 11.4. The van der Waals surface area contributed by atoms with Gasteiger partial charge < -0.3 is 0 Å². The number of benzene rings is 1. The van der Waals surface area contributed by atoms with E-state index in [1.165, 1.54) is 0 Å². The highest BCUT2D eigenvalue weighted by Gasteiger charge is 2.25. The maximum absolute atomic E-state index is 13.7. The highest BCUT2D eigenvalue weighted by Crippen LogP contribution is 2.27. The molecule has 1 aromatic carbocycles. The third-order valence-corrected chi connectivity index (χ3v) is 5.27. The van der Waals surface area contributed by atoms with Gasteiger partial charge in [0.15, 0.2) is 11.6 Å². The van der Waals surface area contributed by atoms with Crippen LogP contribution in [0.1, 0.15) is 20.8 Å². The number of nitrogens with one attached hydrogen (secondary N) is 1. The first-order valence-electron chi connectivity index (χ1n) is 5.65. The lowest BCUT2D eigenvalue weighted by Crippen LogP contribution is -2.27. The number of hydrogen-bond acceptors (Lipinski definition) is 4. The Balaban J connectivity index is 3.23. The standard InChI is InChI=1S/C11H14ClF2NO4S2/c1-11(2,3)6-20(16,17)15-10-8(13)4-7(5-9(10)14)21(12,18)19/h4-5,15H,6H2,1-3H3. The highest BCUT2D eigenvalue weighted by molar-refractivity contribution is 8.13. The molecule has 0 bridgehead atoms. The van der Waals surface area contributed by atoms with E-state index in [0.717, 1.165) is 0 Å². The van der Waals surface area contributed by atoms with Crippen molar-refractivity contribution in [1.29, 1.82) is 0 Å². The Labute approximate surface area is 126 Å². The van der Waals surface area contributed by atoms with E-state index in [1.54, 1.807) is 25.5 Å². The lowest BCUT2D eigenvalue weighted by molar-refractivity contribution is 0.463. The maximum atomic E-state index is 13.7. The highest BCUT2D eigenvalue weighted by atomic mass is 35.7. The Kier molecular flexibility index (Phi) is 4.91. The van der Waals surface area contributed by atoms with Crippen LogP contribution < -0.4 is 4.72 Å². The molecule has 1 aromatic rings. The van der Waals surface area contributed by atoms with Crippen LogP contribution >= 0.6 is 10.7 Å². The number of sulfonamides is 1. The van der Waals surface area contributed by atoms with Crippen molar-refractivity contribution in [1.82, 2.24) is 0 Å². The fraction of sp³-hybridized carbons (Fsp3) is 0.455. The Morgan fingerprint density at radius 3 is 1.86 bits per heavy atom. The zero-order valence-corrected chi connectivity index (χ0v) is 13.8. The fourth-order valence-corrected chi connectivity index (χ4v) is 4.02. The minimum absolute atomic E-state index is 0.367. The molecule has 0 aliphatic rings. The van der Waals surface area contributed by atoms with Gasteiger partial charge in [-0.15, -0.1) is 0 Å². The predicted molar refractivity (Wildman–Crippen MR) is 76.3 cm³/mol. The van der Waals surface area contributed by atoms with Crippen LogP contribution in [-0.4, -0.2) is 22.6 Å². The lowest BCUT2D eigenvalue weighted by atomic mass is 10.0. The van der Waals surface area contributed by atoms with Crippen LogP contribution in [0, 0.1) is 17.0 Å². The summed E-state index contributed by atoms with van der Waals surface area (Å²) in [6, 6.07) is 0.890. The first-order chi connectivity index (χ1) is 9.21. The molecule has 0 amide bonds. The molecule has 0 saturated heterocycles. The first-order valence-corrected chi connectivity index (χ1v) is 9.62. The second-order valence-electron chi connectivity index (χ2n) is 5.62. The monoisotopic (exact) mass is 361 g/mol. The minimum Gasteiger partial charge on any atom is -0.278 e. The summed E-state index contributed by atoms with van der Waals surface area (Å²) in [6.07, 6.45) is 0. The van der Waals surface area contributed by atoms with E-state index >= 15 is 0 Å². The summed E-state index contributed by atoms with van der Waals surface area (Å²) >= 11 is 0. The van der Waals surface area contributed by atoms with Crippen molar-refractivity contribution in [2.24, 2.45) is 5.41 Å². The van der Waals surface area contributed by atoms with Gasteiger partial charge in [0.05, 0.1) is 10.6 Å². The average molecular weight is 362 g/mol. The number of hydrogen-bond donors (Lipinski definition) is 1. The molecular weight excluding hydrogens is 348 g/mol. The van der Waals surface area contributed by atoms with Crippen LogP contribution in [-0.2, 0) is 19.1 Å². The molecule has 10 heteroatoms. The Morgan fingerprint density at radius 2 is 1.52 bits per heavy atom. The molecule has 0 aromatic heterocycles. The van der Waals surface area contributed by atoms with Crippen LogP contribution in [0.15, 0.2) is 17.0 Å². The second-order valence-corrected chi connectivity index (χ2v) is 9.91. The van der Waals surface area contributed by atoms with E-state index < -0.39 is 46.7 Å². The van der Waals surface area contributed by atoms with Crippen molar-refractivity contribution in [3.63, 3.8) is 0 Å². The van der Waals surface area contributed by atoms with Gasteiger partial charge >= 0.3 is 0 Å². The van der Waals surface area contributed by atoms with Crippen LogP contribution in [0.3, 0.4) is 0 Å². The van der Waals surface area contributed by atoms with Crippen LogP contribution in [0.4, 0.5) is 14.5 Å². The van der Waals surface area contributed by atoms with Gasteiger partial charge in [-0.05, 0) is 17.5 Å². The summed E-state index contributed by atoms with van der Waals surface area (Å²) in [6.45, 7) is 4.92. The molecule has 0 atom stereocenters. The fourth-order valence-electron chi connectivity index (χ4n) is 1.55. The summed E-state index contributed by atoms with van der Waals surface area (Å²) in [5, 5.41) is 0. The summed E-state index contributed by atoms with van der Waals surface area (Å²) in [5.74, 6) is -3.10. The van der Waals surface area contributed by atoms with Crippen molar-refractivity contribution in [2.75, 3.05) is 10.5 Å². The number of rotatable bonds is 4. The van der Waals surface area contributed by atoms with Crippen molar-refractivity contribution in [2.45, 2.75) is 25.7 Å². The van der Waals surface area contributed by atoms with E-state index in [1.807, 2.05) is 0 Å². The molecule has 21 heavy (non-hydrogen) atoms. The molecule has 1 rings (SSSR count). The molecule has 5 nitrogen and oxygen atoms in total. The maximum Gasteiger partial charge on any atom is 0.261 e. The molecular formula is C11H14ClF2NO4S2. The van der Waals surface area contributed by atoms with Gasteiger partial charge in [-0.3, -0.25) is 4.72 Å². The molecule has 0 aliphatic carbocycles. The molecule has 0 fully saturated rings. The van der Waals surface area contributed by atoms with E-state index in [0.29, 0.717) is 12.1 Å². The Bertz CT molecular complexity index is 732. The number of anilines is 1. The normalized spacial score (nSPS) is 13.2. The average Bonchev–Trinajstić information content (AvgIpc) is 2.18. The molecule has 0 saturated carbocycles. The van der Waals surface area contributed by atoms with Crippen molar-refractivity contribution >= 4 is 35.4 Å². The molecule has 120 valence electrons. The van der Waals surface area contributed by atoms with Gasteiger partial charge in [0.25, 0.3) is 9.05 Å². The SMILES string of the molecule is CC(C)(C)CS(=O)(=O)Nc1c(F)cc(S(=O)(=O)Cl)cc1F. The first kappa shape index (κ1) is 18.1. The smallest absolute Gasteiger partial charge is 0.261 e. The van der Waals surface area contributed by atoms with Gasteiger partial charge in [-0.25, -0.2) is 25.6 Å². The van der Waals surface area contributed by atoms with Gasteiger partial charge in [-0.2, -0.15) is 0 Å². The summed E-state index contributed by atoms with van der Waals surface area (Å²) < 4.78 is 74.9. The van der Waals surface area contributed by atoms with E-state index in [9.17, 15) is 25.6 Å². The van der Waals surface area contributed by atoms with E-state index in [4.69, 9.17) is 10.7 Å². The molecule has 0 unspecified atom stereocenters. The topological polar surface area (TPSA) is 80.3 Å². The van der Waals surface area contributed by atoms with Crippen molar-refractivity contribution in [3.05, 3.63) is 23.8 Å². The predicted octanol–water partition coefficient (Wildman–Crippen LogP) is 2.68. The number of halogens is 3. The van der Waals surface area contributed by atoms with Crippen LogP contribution in [0.25, 0.3) is 0 Å². The van der Waals surface area contributed by atoms with Gasteiger partial charge in [0.1, 0.15) is 5.69 Å². The van der Waals surface area contributed by atoms with Crippen LogP contribution in [0.2, 0.25) is 0 Å². The molecule has 0 radical (unpaired) electrons. The molecule has 0 aliphatic heterocycles. The van der Waals surface area contributed by atoms with Gasteiger partial charge in [-0.1, -0.05) is 20.8 Å². The largest absolute Gasteiger partial charge is 0.278 e. The third kappa shape index (κ3) is 5.40. The lowest BCUT2D eigenvalue weighted by Gasteiger charge is -2.19. The second kappa shape index (κ2) is 5.69. The third-order valence-electron chi connectivity index (χ3n) is 2.18. The Hall–Kier alpha value is -0.930. The minimum atomic E-state index is -4.32. The summed E-state index contributed by atoms with van der Waals surface area (Å²) in [7, 11) is -3.34. The molecule has 0 heterocycles. The van der Waals surface area contributed by atoms with Crippen LogP contribution in [0.5, 0.6) is 0 Å². The molecule has 1 N–H and O–H groups in total. The van der Waals surface area contributed by atoms with Crippen molar-refractivity contribution in [3.8, 4) is 0 Å². The zero-order chi connectivity index (χ0) is 16.6. The van der Waals surface area contributed by atoms with Gasteiger partial charge in [0.2, 0.25) is 10.0 Å². The quantitative estimate of drug-likeness (QED) is 0.836. The van der Waals surface area contributed by atoms with Crippen molar-refractivity contribution < 1.29 is 25.6 Å². The summed E-state index contributed by atoms with van der Waals surface area (Å²) in [5.41, 5.74) is -1.57. The van der Waals surface area contributed by atoms with E-state index in [-0.39, 0.29) is 5.75 Å². The molecule has 0 spiro atoms.